The van der Waals surface area contributed by atoms with Crippen molar-refractivity contribution in [2.45, 2.75) is 19.4 Å². The fourth-order valence-electron chi connectivity index (χ4n) is 1.59. The summed E-state index contributed by atoms with van der Waals surface area (Å²) in [6.07, 6.45) is 3.93. The van der Waals surface area contributed by atoms with E-state index < -0.39 is 5.97 Å². The molecule has 0 saturated carbocycles. The van der Waals surface area contributed by atoms with Crippen molar-refractivity contribution in [2.75, 3.05) is 26.3 Å². The Morgan fingerprint density at radius 1 is 1.71 bits per heavy atom. The van der Waals surface area contributed by atoms with Gasteiger partial charge < -0.3 is 9.84 Å². The number of aliphatic carboxylic acids is 1. The molecule has 1 aliphatic rings. The second-order valence-corrected chi connectivity index (χ2v) is 3.37. The van der Waals surface area contributed by atoms with Gasteiger partial charge >= 0.3 is 5.97 Å². The van der Waals surface area contributed by atoms with Crippen LogP contribution in [-0.2, 0) is 9.53 Å². The highest BCUT2D eigenvalue weighted by molar-refractivity contribution is 5.79. The van der Waals surface area contributed by atoms with Crippen LogP contribution in [0, 0.1) is 0 Å². The van der Waals surface area contributed by atoms with Gasteiger partial charge in [0.2, 0.25) is 0 Å². The third kappa shape index (κ3) is 3.47. The minimum absolute atomic E-state index is 0.433. The highest BCUT2D eigenvalue weighted by atomic mass is 16.5. The van der Waals surface area contributed by atoms with Gasteiger partial charge in [0.1, 0.15) is 0 Å². The molecular formula is C10H17NO3. The molecule has 0 aromatic heterocycles. The maximum atomic E-state index is 10.3. The van der Waals surface area contributed by atoms with Crippen LogP contribution in [0.4, 0.5) is 0 Å². The van der Waals surface area contributed by atoms with Crippen LogP contribution in [0.3, 0.4) is 0 Å². The SMILES string of the molecule is CCC1COCCN1C/C=C/C(=O)O. The van der Waals surface area contributed by atoms with Crippen molar-refractivity contribution < 1.29 is 14.6 Å². The van der Waals surface area contributed by atoms with E-state index in [1.54, 1.807) is 6.08 Å². The predicted molar refractivity (Wildman–Crippen MR) is 53.2 cm³/mol. The Morgan fingerprint density at radius 2 is 2.50 bits per heavy atom. The number of hydrogen-bond donors (Lipinski definition) is 1. The van der Waals surface area contributed by atoms with Crippen molar-refractivity contribution in [3.63, 3.8) is 0 Å². The Hall–Kier alpha value is -0.870. The summed E-state index contributed by atoms with van der Waals surface area (Å²) in [5.74, 6) is -0.883. The Bertz CT molecular complexity index is 215. The summed E-state index contributed by atoms with van der Waals surface area (Å²) in [7, 11) is 0. The largest absolute Gasteiger partial charge is 0.478 e. The van der Waals surface area contributed by atoms with Gasteiger partial charge in [-0.05, 0) is 6.42 Å². The van der Waals surface area contributed by atoms with E-state index in [0.717, 1.165) is 26.2 Å². The average molecular weight is 199 g/mol. The third-order valence-corrected chi connectivity index (χ3v) is 2.42. The standard InChI is InChI=1S/C10H17NO3/c1-2-9-8-14-7-6-11(9)5-3-4-10(12)13/h3-4,9H,2,5-8H2,1H3,(H,12,13)/b4-3+. The van der Waals surface area contributed by atoms with Crippen LogP contribution in [-0.4, -0.2) is 48.3 Å². The number of ether oxygens (including phenoxy) is 1. The molecule has 1 fully saturated rings. The first-order chi connectivity index (χ1) is 6.74. The van der Waals surface area contributed by atoms with E-state index in [1.807, 2.05) is 0 Å². The van der Waals surface area contributed by atoms with Crippen LogP contribution in [0.1, 0.15) is 13.3 Å². The van der Waals surface area contributed by atoms with Crippen molar-refractivity contribution in [1.29, 1.82) is 0 Å². The predicted octanol–water partition coefficient (Wildman–Crippen LogP) is 0.738. The Kier molecular flexibility index (Phi) is 4.62. The molecule has 1 rings (SSSR count). The minimum Gasteiger partial charge on any atom is -0.478 e. The smallest absolute Gasteiger partial charge is 0.328 e. The van der Waals surface area contributed by atoms with E-state index in [1.165, 1.54) is 6.08 Å². The number of nitrogens with zero attached hydrogens (tertiary/aromatic N) is 1. The van der Waals surface area contributed by atoms with Crippen LogP contribution >= 0.6 is 0 Å². The number of carboxylic acids is 1. The van der Waals surface area contributed by atoms with Crippen molar-refractivity contribution in [3.8, 4) is 0 Å². The normalized spacial score (nSPS) is 24.2. The number of morpholine rings is 1. The van der Waals surface area contributed by atoms with Crippen LogP contribution < -0.4 is 0 Å². The van der Waals surface area contributed by atoms with E-state index in [0.29, 0.717) is 12.6 Å². The first kappa shape index (κ1) is 11.2. The van der Waals surface area contributed by atoms with Gasteiger partial charge in [0.05, 0.1) is 13.2 Å². The fraction of sp³-hybridized carbons (Fsp3) is 0.700. The molecule has 0 bridgehead atoms. The van der Waals surface area contributed by atoms with Gasteiger partial charge in [-0.15, -0.1) is 0 Å². The van der Waals surface area contributed by atoms with Gasteiger partial charge in [0.25, 0.3) is 0 Å². The summed E-state index contributed by atoms with van der Waals surface area (Å²) in [4.78, 5) is 12.5. The number of hydrogen-bond acceptors (Lipinski definition) is 3. The Balaban J connectivity index is 2.36. The summed E-state index contributed by atoms with van der Waals surface area (Å²) < 4.78 is 5.35. The molecule has 1 atom stereocenters. The van der Waals surface area contributed by atoms with Gasteiger partial charge in [0.15, 0.2) is 0 Å². The van der Waals surface area contributed by atoms with Gasteiger partial charge in [-0.1, -0.05) is 13.0 Å². The van der Waals surface area contributed by atoms with Crippen molar-refractivity contribution in [1.82, 2.24) is 4.90 Å². The van der Waals surface area contributed by atoms with Crippen molar-refractivity contribution in [3.05, 3.63) is 12.2 Å². The molecule has 0 radical (unpaired) electrons. The second-order valence-electron chi connectivity index (χ2n) is 3.37. The van der Waals surface area contributed by atoms with Gasteiger partial charge in [-0.2, -0.15) is 0 Å². The molecule has 1 heterocycles. The zero-order valence-corrected chi connectivity index (χ0v) is 8.48. The molecule has 4 heteroatoms. The fourth-order valence-corrected chi connectivity index (χ4v) is 1.59. The molecule has 0 spiro atoms. The lowest BCUT2D eigenvalue weighted by Crippen LogP contribution is -2.44. The molecule has 0 amide bonds. The Morgan fingerprint density at radius 3 is 3.14 bits per heavy atom. The molecule has 0 aromatic rings. The molecule has 0 aliphatic carbocycles. The van der Waals surface area contributed by atoms with Crippen molar-refractivity contribution >= 4 is 5.97 Å². The van der Waals surface area contributed by atoms with E-state index >= 15 is 0 Å². The monoisotopic (exact) mass is 199 g/mol. The zero-order chi connectivity index (χ0) is 10.4. The maximum absolute atomic E-state index is 10.3. The summed E-state index contributed by atoms with van der Waals surface area (Å²) in [6.45, 7) is 5.22. The zero-order valence-electron chi connectivity index (χ0n) is 8.48. The summed E-state index contributed by atoms with van der Waals surface area (Å²) in [6, 6.07) is 0.433. The molecule has 1 saturated heterocycles. The number of carbonyl (C=O) groups is 1. The van der Waals surface area contributed by atoms with Crippen LogP contribution in [0.5, 0.6) is 0 Å². The molecule has 80 valence electrons. The quantitative estimate of drug-likeness (QED) is 0.678. The third-order valence-electron chi connectivity index (χ3n) is 2.42. The number of rotatable bonds is 4. The van der Waals surface area contributed by atoms with E-state index in [2.05, 4.69) is 11.8 Å². The number of carboxylic acid groups (broad SMARTS) is 1. The van der Waals surface area contributed by atoms with Gasteiger partial charge in [0, 0.05) is 25.2 Å². The topological polar surface area (TPSA) is 49.8 Å². The van der Waals surface area contributed by atoms with E-state index in [9.17, 15) is 4.79 Å². The molecule has 0 aromatic carbocycles. The molecule has 14 heavy (non-hydrogen) atoms. The lowest BCUT2D eigenvalue weighted by Gasteiger charge is -2.34. The first-order valence-electron chi connectivity index (χ1n) is 4.95. The summed E-state index contributed by atoms with van der Waals surface area (Å²) >= 11 is 0. The molecule has 1 aliphatic heterocycles. The molecule has 1 N–H and O–H groups in total. The average Bonchev–Trinajstić information content (AvgIpc) is 2.18. The van der Waals surface area contributed by atoms with E-state index in [-0.39, 0.29) is 0 Å². The minimum atomic E-state index is -0.883. The highest BCUT2D eigenvalue weighted by Gasteiger charge is 2.19. The first-order valence-corrected chi connectivity index (χ1v) is 4.95. The second kappa shape index (κ2) is 5.78. The molecule has 4 nitrogen and oxygen atoms in total. The van der Waals surface area contributed by atoms with Crippen LogP contribution in [0.15, 0.2) is 12.2 Å². The van der Waals surface area contributed by atoms with E-state index in [4.69, 9.17) is 9.84 Å². The molecular weight excluding hydrogens is 182 g/mol. The lowest BCUT2D eigenvalue weighted by atomic mass is 10.2. The summed E-state index contributed by atoms with van der Waals surface area (Å²) in [5.41, 5.74) is 0. The highest BCUT2D eigenvalue weighted by Crippen LogP contribution is 2.09. The maximum Gasteiger partial charge on any atom is 0.328 e. The van der Waals surface area contributed by atoms with Gasteiger partial charge in [-0.25, -0.2) is 4.79 Å². The lowest BCUT2D eigenvalue weighted by molar-refractivity contribution is -0.131. The summed E-state index contributed by atoms with van der Waals surface area (Å²) in [5, 5.41) is 8.44. The van der Waals surface area contributed by atoms with Crippen molar-refractivity contribution in [2.24, 2.45) is 0 Å². The molecule has 1 unspecified atom stereocenters. The van der Waals surface area contributed by atoms with Crippen LogP contribution in [0.2, 0.25) is 0 Å². The Labute approximate surface area is 84.2 Å². The van der Waals surface area contributed by atoms with Gasteiger partial charge in [-0.3, -0.25) is 4.90 Å². The van der Waals surface area contributed by atoms with Crippen LogP contribution in [0.25, 0.3) is 0 Å².